The van der Waals surface area contributed by atoms with Crippen LogP contribution in [0.1, 0.15) is 33.1 Å². The molecule has 2 atom stereocenters. The first kappa shape index (κ1) is 13.5. The fourth-order valence-corrected chi connectivity index (χ4v) is 1.20. The number of amides is 2. The Kier molecular flexibility index (Phi) is 6.24. The van der Waals surface area contributed by atoms with Crippen LogP contribution in [0.2, 0.25) is 0 Å². The van der Waals surface area contributed by atoms with Crippen LogP contribution in [0.25, 0.3) is 0 Å². The summed E-state index contributed by atoms with van der Waals surface area (Å²) in [6, 6.07) is 0. The second kappa shape index (κ2) is 6.92. The topological polar surface area (TPSA) is 105 Å². The first-order valence-electron chi connectivity index (χ1n) is 4.89. The van der Waals surface area contributed by atoms with E-state index in [0.717, 1.165) is 12.8 Å². The number of ether oxygens (including phenoxy) is 2. The molecule has 0 aromatic rings. The number of unbranched alkanes of at least 4 members (excludes halogenated alkanes) is 1. The molecule has 0 bridgehead atoms. The molecule has 0 radical (unpaired) electrons. The number of hydrogen-bond acceptors (Lipinski definition) is 4. The van der Waals surface area contributed by atoms with E-state index in [1.807, 2.05) is 6.92 Å². The van der Waals surface area contributed by atoms with Crippen molar-refractivity contribution in [2.45, 2.75) is 45.3 Å². The quantitative estimate of drug-likeness (QED) is 0.696. The average Bonchev–Trinajstić information content (AvgIpc) is 2.10. The maximum atomic E-state index is 10.6. The van der Waals surface area contributed by atoms with Crippen molar-refractivity contribution in [2.24, 2.45) is 11.5 Å². The third-order valence-corrected chi connectivity index (χ3v) is 1.94. The molecule has 0 aromatic heterocycles. The minimum atomic E-state index is -0.892. The summed E-state index contributed by atoms with van der Waals surface area (Å²) < 4.78 is 9.54. The maximum Gasteiger partial charge on any atom is 0.404 e. The Labute approximate surface area is 88.9 Å². The van der Waals surface area contributed by atoms with Crippen LogP contribution in [0.5, 0.6) is 0 Å². The van der Waals surface area contributed by atoms with Gasteiger partial charge < -0.3 is 20.9 Å². The van der Waals surface area contributed by atoms with Crippen LogP contribution in [0.4, 0.5) is 9.59 Å². The Balaban J connectivity index is 4.19. The van der Waals surface area contributed by atoms with Gasteiger partial charge in [0.1, 0.15) is 12.2 Å². The van der Waals surface area contributed by atoms with Crippen molar-refractivity contribution in [2.75, 3.05) is 0 Å². The zero-order valence-corrected chi connectivity index (χ0v) is 9.06. The van der Waals surface area contributed by atoms with Crippen LogP contribution in [-0.2, 0) is 9.47 Å². The fraction of sp³-hybridized carbons (Fsp3) is 0.778. The van der Waals surface area contributed by atoms with Crippen LogP contribution >= 0.6 is 0 Å². The molecule has 2 amide bonds. The van der Waals surface area contributed by atoms with Gasteiger partial charge >= 0.3 is 12.2 Å². The van der Waals surface area contributed by atoms with Gasteiger partial charge in [0, 0.05) is 0 Å². The molecule has 0 saturated carbocycles. The molecule has 6 nitrogen and oxygen atoms in total. The molecule has 0 aliphatic heterocycles. The summed E-state index contributed by atoms with van der Waals surface area (Å²) in [5.41, 5.74) is 9.76. The van der Waals surface area contributed by atoms with Crippen molar-refractivity contribution >= 4 is 12.2 Å². The first-order chi connectivity index (χ1) is 6.97. The summed E-state index contributed by atoms with van der Waals surface area (Å²) in [4.78, 5) is 21.1. The summed E-state index contributed by atoms with van der Waals surface area (Å²) in [6.45, 7) is 3.61. The third-order valence-electron chi connectivity index (χ3n) is 1.94. The lowest BCUT2D eigenvalue weighted by atomic mass is 10.1. The molecule has 15 heavy (non-hydrogen) atoms. The van der Waals surface area contributed by atoms with E-state index in [0.29, 0.717) is 6.42 Å². The van der Waals surface area contributed by atoms with Gasteiger partial charge in [-0.2, -0.15) is 0 Å². The molecule has 0 aliphatic rings. The van der Waals surface area contributed by atoms with Crippen molar-refractivity contribution in [1.29, 1.82) is 0 Å². The molecule has 4 N–H and O–H groups in total. The van der Waals surface area contributed by atoms with E-state index in [4.69, 9.17) is 20.9 Å². The van der Waals surface area contributed by atoms with Crippen molar-refractivity contribution in [3.05, 3.63) is 0 Å². The van der Waals surface area contributed by atoms with Crippen molar-refractivity contribution in [1.82, 2.24) is 0 Å². The van der Waals surface area contributed by atoms with Crippen LogP contribution in [-0.4, -0.2) is 24.4 Å². The monoisotopic (exact) mass is 218 g/mol. The third kappa shape index (κ3) is 6.59. The molecule has 6 heteroatoms. The number of carbonyl (C=O) groups is 2. The minimum Gasteiger partial charge on any atom is -0.443 e. The summed E-state index contributed by atoms with van der Waals surface area (Å²) >= 11 is 0. The van der Waals surface area contributed by atoms with E-state index in [1.54, 1.807) is 6.92 Å². The van der Waals surface area contributed by atoms with Crippen LogP contribution in [0.3, 0.4) is 0 Å². The van der Waals surface area contributed by atoms with Crippen molar-refractivity contribution in [3.8, 4) is 0 Å². The molecular formula is C9H18N2O4. The highest BCUT2D eigenvalue weighted by atomic mass is 16.6. The van der Waals surface area contributed by atoms with E-state index in [-0.39, 0.29) is 0 Å². The number of primary amides is 2. The minimum absolute atomic E-state index is 0.532. The molecule has 0 aliphatic carbocycles. The summed E-state index contributed by atoms with van der Waals surface area (Å²) in [7, 11) is 0. The summed E-state index contributed by atoms with van der Waals surface area (Å²) in [5, 5.41) is 0. The number of carbonyl (C=O) groups excluding carboxylic acids is 2. The lowest BCUT2D eigenvalue weighted by Crippen LogP contribution is -2.36. The number of nitrogens with two attached hydrogens (primary N) is 2. The predicted octanol–water partition coefficient (Wildman–Crippen LogP) is 1.12. The van der Waals surface area contributed by atoms with Gasteiger partial charge in [-0.3, -0.25) is 0 Å². The molecular weight excluding hydrogens is 200 g/mol. The zero-order valence-electron chi connectivity index (χ0n) is 9.06. The van der Waals surface area contributed by atoms with Gasteiger partial charge in [-0.05, 0) is 19.8 Å². The van der Waals surface area contributed by atoms with Gasteiger partial charge in [0.05, 0.1) is 0 Å². The van der Waals surface area contributed by atoms with E-state index < -0.39 is 24.4 Å². The second-order valence-electron chi connectivity index (χ2n) is 3.26. The van der Waals surface area contributed by atoms with Gasteiger partial charge in [-0.15, -0.1) is 0 Å². The second-order valence-corrected chi connectivity index (χ2v) is 3.26. The highest BCUT2D eigenvalue weighted by Gasteiger charge is 2.22. The average molecular weight is 218 g/mol. The van der Waals surface area contributed by atoms with Gasteiger partial charge in [-0.1, -0.05) is 13.3 Å². The highest BCUT2D eigenvalue weighted by Crippen LogP contribution is 2.12. The molecule has 0 heterocycles. The predicted molar refractivity (Wildman–Crippen MR) is 54.1 cm³/mol. The van der Waals surface area contributed by atoms with Crippen molar-refractivity contribution < 1.29 is 19.1 Å². The summed E-state index contributed by atoms with van der Waals surface area (Å²) in [5.74, 6) is 0. The van der Waals surface area contributed by atoms with Gasteiger partial charge in [-0.25, -0.2) is 9.59 Å². The lowest BCUT2D eigenvalue weighted by molar-refractivity contribution is 0.000583. The molecule has 0 rings (SSSR count). The SMILES string of the molecule is CCCCC(OC(N)=O)C(C)OC(N)=O. The van der Waals surface area contributed by atoms with E-state index >= 15 is 0 Å². The zero-order chi connectivity index (χ0) is 11.8. The Morgan fingerprint density at radius 1 is 1.20 bits per heavy atom. The van der Waals surface area contributed by atoms with Crippen LogP contribution in [0.15, 0.2) is 0 Å². The fourth-order valence-electron chi connectivity index (χ4n) is 1.20. The van der Waals surface area contributed by atoms with Gasteiger partial charge in [0.15, 0.2) is 0 Å². The molecule has 0 aromatic carbocycles. The number of hydrogen-bond donors (Lipinski definition) is 2. The highest BCUT2D eigenvalue weighted by molar-refractivity contribution is 5.66. The lowest BCUT2D eigenvalue weighted by Gasteiger charge is -2.22. The molecule has 2 unspecified atom stereocenters. The van der Waals surface area contributed by atoms with Crippen molar-refractivity contribution in [3.63, 3.8) is 0 Å². The Morgan fingerprint density at radius 3 is 2.13 bits per heavy atom. The Morgan fingerprint density at radius 2 is 1.73 bits per heavy atom. The van der Waals surface area contributed by atoms with Crippen LogP contribution < -0.4 is 11.5 Å². The Hall–Kier alpha value is -1.46. The van der Waals surface area contributed by atoms with E-state index in [9.17, 15) is 9.59 Å². The smallest absolute Gasteiger partial charge is 0.404 e. The van der Waals surface area contributed by atoms with E-state index in [1.165, 1.54) is 0 Å². The molecule has 88 valence electrons. The normalized spacial score (nSPS) is 14.0. The van der Waals surface area contributed by atoms with Gasteiger partial charge in [0.2, 0.25) is 0 Å². The van der Waals surface area contributed by atoms with Gasteiger partial charge in [0.25, 0.3) is 0 Å². The van der Waals surface area contributed by atoms with Crippen LogP contribution in [0, 0.1) is 0 Å². The number of rotatable bonds is 6. The van der Waals surface area contributed by atoms with E-state index in [2.05, 4.69) is 0 Å². The maximum absolute atomic E-state index is 10.6. The summed E-state index contributed by atoms with van der Waals surface area (Å²) in [6.07, 6.45) is -0.496. The molecule has 0 spiro atoms. The Bertz CT molecular complexity index is 220. The standard InChI is InChI=1S/C9H18N2O4/c1-3-4-5-7(15-9(11)13)6(2)14-8(10)12/h6-7H,3-5H2,1-2H3,(H2,10,12)(H2,11,13). The first-order valence-corrected chi connectivity index (χ1v) is 4.89. The largest absolute Gasteiger partial charge is 0.443 e. The molecule has 0 saturated heterocycles. The molecule has 0 fully saturated rings.